The zero-order chi connectivity index (χ0) is 16.4. The maximum Gasteiger partial charge on any atom is 0.180 e. The van der Waals surface area contributed by atoms with E-state index in [0.29, 0.717) is 11.4 Å². The van der Waals surface area contributed by atoms with E-state index in [-0.39, 0.29) is 18.2 Å². The van der Waals surface area contributed by atoms with Gasteiger partial charge < -0.3 is 10.6 Å². The molecule has 0 spiro atoms. The lowest BCUT2D eigenvalue weighted by atomic mass is 10.00. The zero-order valence-electron chi connectivity index (χ0n) is 13.1. The number of nitrogens with zero attached hydrogens (tertiary/aromatic N) is 1. The SMILES string of the molecule is Cl.Nc1cccc2c1CCCN2CCS(=O)(=O)c1cccc(Br)c1. The van der Waals surface area contributed by atoms with E-state index in [1.807, 2.05) is 24.3 Å². The largest absolute Gasteiger partial charge is 0.398 e. The first-order valence-electron chi connectivity index (χ1n) is 7.58. The van der Waals surface area contributed by atoms with E-state index in [9.17, 15) is 8.42 Å². The molecule has 0 bridgehead atoms. The molecule has 2 N–H and O–H groups in total. The monoisotopic (exact) mass is 430 g/mol. The molecule has 0 saturated heterocycles. The first kappa shape index (κ1) is 19.1. The predicted octanol–water partition coefficient (Wildman–Crippen LogP) is 3.68. The Kier molecular flexibility index (Phi) is 6.17. The number of rotatable bonds is 4. The summed E-state index contributed by atoms with van der Waals surface area (Å²) in [5.41, 5.74) is 9.04. The Morgan fingerprint density at radius 1 is 1.17 bits per heavy atom. The van der Waals surface area contributed by atoms with Crippen molar-refractivity contribution >= 4 is 49.5 Å². The van der Waals surface area contributed by atoms with Gasteiger partial charge in [0.05, 0.1) is 10.6 Å². The summed E-state index contributed by atoms with van der Waals surface area (Å²) in [6, 6.07) is 12.7. The molecule has 2 aromatic carbocycles. The number of hydrogen-bond donors (Lipinski definition) is 1. The first-order chi connectivity index (χ1) is 11.0. The standard InChI is InChI=1S/C17H19BrN2O2S.ClH/c18-13-4-1-5-14(12-13)23(21,22)11-10-20-9-3-6-15-16(19)7-2-8-17(15)20;/h1-2,4-5,7-8,12H,3,6,9-11,19H2;1H. The van der Waals surface area contributed by atoms with E-state index >= 15 is 0 Å². The highest BCUT2D eigenvalue weighted by molar-refractivity contribution is 9.10. The lowest BCUT2D eigenvalue weighted by Crippen LogP contribution is -2.34. The van der Waals surface area contributed by atoms with Gasteiger partial charge in [0.15, 0.2) is 9.84 Å². The Bertz CT molecular complexity index is 827. The fourth-order valence-corrected chi connectivity index (χ4v) is 4.81. The molecule has 1 aliphatic rings. The number of nitrogens with two attached hydrogens (primary N) is 1. The summed E-state index contributed by atoms with van der Waals surface area (Å²) < 4.78 is 25.8. The highest BCUT2D eigenvalue weighted by atomic mass is 79.9. The maximum absolute atomic E-state index is 12.5. The molecule has 0 unspecified atom stereocenters. The van der Waals surface area contributed by atoms with Gasteiger partial charge >= 0.3 is 0 Å². The molecule has 130 valence electrons. The molecule has 0 saturated carbocycles. The van der Waals surface area contributed by atoms with Crippen molar-refractivity contribution in [3.05, 3.63) is 52.5 Å². The normalized spacial score (nSPS) is 14.0. The number of benzene rings is 2. The van der Waals surface area contributed by atoms with Gasteiger partial charge in [-0.15, -0.1) is 12.4 Å². The van der Waals surface area contributed by atoms with Gasteiger partial charge in [0.2, 0.25) is 0 Å². The molecule has 0 aromatic heterocycles. The minimum absolute atomic E-state index is 0. The average Bonchev–Trinajstić information content (AvgIpc) is 2.53. The molecule has 1 aliphatic heterocycles. The summed E-state index contributed by atoms with van der Waals surface area (Å²) in [5, 5.41) is 0. The van der Waals surface area contributed by atoms with Crippen LogP contribution >= 0.6 is 28.3 Å². The fraction of sp³-hybridized carbons (Fsp3) is 0.294. The second kappa shape index (κ2) is 7.76. The molecule has 3 rings (SSSR count). The lowest BCUT2D eigenvalue weighted by molar-refractivity contribution is 0.593. The minimum atomic E-state index is -3.30. The van der Waals surface area contributed by atoms with Crippen molar-refractivity contribution < 1.29 is 8.42 Å². The van der Waals surface area contributed by atoms with Crippen molar-refractivity contribution in [2.24, 2.45) is 0 Å². The van der Waals surface area contributed by atoms with Gasteiger partial charge in [0.1, 0.15) is 0 Å². The van der Waals surface area contributed by atoms with Crippen LogP contribution in [-0.4, -0.2) is 27.3 Å². The molecule has 2 aromatic rings. The van der Waals surface area contributed by atoms with Crippen LogP contribution in [-0.2, 0) is 16.3 Å². The third kappa shape index (κ3) is 4.05. The van der Waals surface area contributed by atoms with Crippen molar-refractivity contribution in [1.29, 1.82) is 0 Å². The van der Waals surface area contributed by atoms with Crippen LogP contribution in [0.2, 0.25) is 0 Å². The van der Waals surface area contributed by atoms with E-state index in [0.717, 1.165) is 40.8 Å². The fourth-order valence-electron chi connectivity index (χ4n) is 2.97. The molecule has 7 heteroatoms. The van der Waals surface area contributed by atoms with Crippen LogP contribution in [0.3, 0.4) is 0 Å². The number of fused-ring (bicyclic) bond motifs is 1. The number of sulfone groups is 1. The van der Waals surface area contributed by atoms with Crippen molar-refractivity contribution in [2.75, 3.05) is 29.5 Å². The van der Waals surface area contributed by atoms with Crippen molar-refractivity contribution in [3.8, 4) is 0 Å². The van der Waals surface area contributed by atoms with E-state index in [1.165, 1.54) is 0 Å². The van der Waals surface area contributed by atoms with Gasteiger partial charge in [-0.05, 0) is 48.7 Å². The third-order valence-corrected chi connectivity index (χ3v) is 6.35. The summed E-state index contributed by atoms with van der Waals surface area (Å²) in [4.78, 5) is 2.49. The summed E-state index contributed by atoms with van der Waals surface area (Å²) in [5.74, 6) is 0.0949. The molecule has 1 heterocycles. The molecule has 0 radical (unpaired) electrons. The van der Waals surface area contributed by atoms with Crippen LogP contribution in [0.1, 0.15) is 12.0 Å². The number of halogens is 2. The predicted molar refractivity (Wildman–Crippen MR) is 105 cm³/mol. The summed E-state index contributed by atoms with van der Waals surface area (Å²) in [6.07, 6.45) is 1.95. The van der Waals surface area contributed by atoms with Gasteiger partial charge in [0, 0.05) is 28.9 Å². The summed E-state index contributed by atoms with van der Waals surface area (Å²) >= 11 is 3.32. The van der Waals surface area contributed by atoms with Gasteiger partial charge in [-0.25, -0.2) is 8.42 Å². The van der Waals surface area contributed by atoms with E-state index in [2.05, 4.69) is 20.8 Å². The van der Waals surface area contributed by atoms with Crippen LogP contribution < -0.4 is 10.6 Å². The van der Waals surface area contributed by atoms with Gasteiger partial charge in [-0.2, -0.15) is 0 Å². The summed E-state index contributed by atoms with van der Waals surface area (Å²) in [6.45, 7) is 1.34. The van der Waals surface area contributed by atoms with Gasteiger partial charge in [-0.3, -0.25) is 0 Å². The van der Waals surface area contributed by atoms with Gasteiger partial charge in [-0.1, -0.05) is 28.1 Å². The zero-order valence-corrected chi connectivity index (χ0v) is 16.3. The van der Waals surface area contributed by atoms with E-state index in [4.69, 9.17) is 5.73 Å². The molecule has 4 nitrogen and oxygen atoms in total. The number of anilines is 2. The molecule has 0 atom stereocenters. The highest BCUT2D eigenvalue weighted by Gasteiger charge is 2.21. The molecular weight excluding hydrogens is 412 g/mol. The molecule has 0 fully saturated rings. The Hall–Kier alpha value is -1.24. The Morgan fingerprint density at radius 3 is 2.67 bits per heavy atom. The van der Waals surface area contributed by atoms with Crippen molar-refractivity contribution in [3.63, 3.8) is 0 Å². The molecule has 0 amide bonds. The quantitative estimate of drug-likeness (QED) is 0.750. The summed E-state index contributed by atoms with van der Waals surface area (Å²) in [7, 11) is -3.30. The number of nitrogen functional groups attached to an aromatic ring is 1. The van der Waals surface area contributed by atoms with Gasteiger partial charge in [0.25, 0.3) is 0 Å². The molecule has 0 aliphatic carbocycles. The first-order valence-corrected chi connectivity index (χ1v) is 10.0. The Labute approximate surface area is 157 Å². The second-order valence-corrected chi connectivity index (χ2v) is 8.74. The Morgan fingerprint density at radius 2 is 1.92 bits per heavy atom. The van der Waals surface area contributed by atoms with Crippen LogP contribution in [0.15, 0.2) is 51.8 Å². The van der Waals surface area contributed by atoms with Crippen LogP contribution in [0.25, 0.3) is 0 Å². The van der Waals surface area contributed by atoms with E-state index < -0.39 is 9.84 Å². The second-order valence-electron chi connectivity index (χ2n) is 5.71. The number of hydrogen-bond acceptors (Lipinski definition) is 4. The van der Waals surface area contributed by atoms with E-state index in [1.54, 1.807) is 18.2 Å². The van der Waals surface area contributed by atoms with Crippen molar-refractivity contribution in [2.45, 2.75) is 17.7 Å². The Balaban J connectivity index is 0.00000208. The van der Waals surface area contributed by atoms with Crippen molar-refractivity contribution in [1.82, 2.24) is 0 Å². The third-order valence-electron chi connectivity index (χ3n) is 4.17. The molecular formula is C17H20BrClN2O2S. The maximum atomic E-state index is 12.5. The smallest absolute Gasteiger partial charge is 0.180 e. The average molecular weight is 432 g/mol. The topological polar surface area (TPSA) is 63.4 Å². The highest BCUT2D eigenvalue weighted by Crippen LogP contribution is 2.31. The lowest BCUT2D eigenvalue weighted by Gasteiger charge is -2.32. The van der Waals surface area contributed by atoms with Crippen LogP contribution in [0.4, 0.5) is 11.4 Å². The van der Waals surface area contributed by atoms with Crippen LogP contribution in [0.5, 0.6) is 0 Å². The molecule has 24 heavy (non-hydrogen) atoms. The van der Waals surface area contributed by atoms with Crippen LogP contribution in [0, 0.1) is 0 Å². The minimum Gasteiger partial charge on any atom is -0.398 e.